The van der Waals surface area contributed by atoms with Crippen LogP contribution in [0.1, 0.15) is 157 Å². The standard InChI is InChI=1S/C37H50O2/c1-3-35-20-34(2)21-36(23-35,28-14-16-32(38)30(18-28)26-10-6-4-7-11-26)25-37(22-34,24-35)29-15-17-33(39)31(19-29)27-12-8-5-9-13-27/h14-19,26-27,38-39H,3-13,20-25H2,1-2H3. The maximum atomic E-state index is 11.0. The average Bonchev–Trinajstić information content (AvgIpc) is 2.93. The number of benzene rings is 2. The van der Waals surface area contributed by atoms with Crippen molar-refractivity contribution in [3.8, 4) is 11.5 Å². The lowest BCUT2D eigenvalue weighted by Crippen LogP contribution is -2.63. The molecule has 2 aromatic carbocycles. The number of rotatable bonds is 5. The van der Waals surface area contributed by atoms with Crippen LogP contribution < -0.4 is 0 Å². The second-order valence-electron chi connectivity index (χ2n) is 15.5. The maximum Gasteiger partial charge on any atom is 0.119 e. The summed E-state index contributed by atoms with van der Waals surface area (Å²) in [5.74, 6) is 2.09. The fourth-order valence-corrected chi connectivity index (χ4v) is 11.6. The molecule has 2 nitrogen and oxygen atoms in total. The Kier molecular flexibility index (Phi) is 6.18. The van der Waals surface area contributed by atoms with Crippen molar-refractivity contribution in [3.63, 3.8) is 0 Å². The van der Waals surface area contributed by atoms with Crippen molar-refractivity contribution < 1.29 is 10.2 Å². The van der Waals surface area contributed by atoms with Crippen LogP contribution in [0.5, 0.6) is 11.5 Å². The average molecular weight is 527 g/mol. The summed E-state index contributed by atoms with van der Waals surface area (Å²) >= 11 is 0. The van der Waals surface area contributed by atoms with Crippen molar-refractivity contribution in [3.05, 3.63) is 58.7 Å². The molecular formula is C37H50O2. The van der Waals surface area contributed by atoms with Gasteiger partial charge < -0.3 is 10.2 Å². The van der Waals surface area contributed by atoms with Crippen LogP contribution >= 0.6 is 0 Å². The summed E-state index contributed by atoms with van der Waals surface area (Å²) in [5, 5.41) is 22.0. The Bertz CT molecular complexity index is 1150. The molecule has 6 fully saturated rings. The molecule has 39 heavy (non-hydrogen) atoms. The van der Waals surface area contributed by atoms with Gasteiger partial charge in [-0.2, -0.15) is 0 Å². The highest BCUT2D eigenvalue weighted by Gasteiger charge is 2.67. The third-order valence-corrected chi connectivity index (χ3v) is 12.6. The zero-order chi connectivity index (χ0) is 26.9. The van der Waals surface area contributed by atoms with E-state index < -0.39 is 0 Å². The molecule has 6 saturated carbocycles. The van der Waals surface area contributed by atoms with Crippen LogP contribution in [0.25, 0.3) is 0 Å². The van der Waals surface area contributed by atoms with E-state index in [-0.39, 0.29) is 10.8 Å². The minimum absolute atomic E-state index is 0.180. The molecule has 2 N–H and O–H groups in total. The van der Waals surface area contributed by atoms with Gasteiger partial charge in [0.15, 0.2) is 0 Å². The molecule has 0 radical (unpaired) electrons. The van der Waals surface area contributed by atoms with Gasteiger partial charge in [0.2, 0.25) is 0 Å². The van der Waals surface area contributed by atoms with Gasteiger partial charge in [-0.3, -0.25) is 0 Å². The second-order valence-corrected chi connectivity index (χ2v) is 15.5. The quantitative estimate of drug-likeness (QED) is 0.407. The topological polar surface area (TPSA) is 40.5 Å². The normalized spacial score (nSPS) is 36.9. The number of hydrogen-bond donors (Lipinski definition) is 2. The van der Waals surface area contributed by atoms with Gasteiger partial charge in [0.05, 0.1) is 0 Å². The first-order valence-electron chi connectivity index (χ1n) is 16.4. The van der Waals surface area contributed by atoms with Crippen LogP contribution in [0.4, 0.5) is 0 Å². The van der Waals surface area contributed by atoms with E-state index in [0.29, 0.717) is 34.2 Å². The minimum atomic E-state index is 0.180. The summed E-state index contributed by atoms with van der Waals surface area (Å²) < 4.78 is 0. The molecule has 0 aliphatic heterocycles. The van der Waals surface area contributed by atoms with Gasteiger partial charge in [-0.05, 0) is 132 Å². The molecule has 2 aromatic rings. The van der Waals surface area contributed by atoms with Gasteiger partial charge in [-0.25, -0.2) is 0 Å². The van der Waals surface area contributed by atoms with E-state index in [1.807, 2.05) is 12.1 Å². The molecule has 0 heterocycles. The van der Waals surface area contributed by atoms with Crippen LogP contribution in [0.15, 0.2) is 36.4 Å². The molecule has 6 aliphatic carbocycles. The van der Waals surface area contributed by atoms with Crippen LogP contribution in [0.2, 0.25) is 0 Å². The van der Waals surface area contributed by atoms with Crippen LogP contribution in [0, 0.1) is 10.8 Å². The summed E-state index contributed by atoms with van der Waals surface area (Å²) in [4.78, 5) is 0. The largest absolute Gasteiger partial charge is 0.508 e. The lowest BCUT2D eigenvalue weighted by Gasteiger charge is -2.71. The maximum absolute atomic E-state index is 11.0. The van der Waals surface area contributed by atoms with Crippen molar-refractivity contribution in [2.45, 2.75) is 146 Å². The van der Waals surface area contributed by atoms with E-state index in [9.17, 15) is 10.2 Å². The number of hydrogen-bond acceptors (Lipinski definition) is 2. The van der Waals surface area contributed by atoms with Crippen LogP contribution in [-0.4, -0.2) is 10.2 Å². The van der Waals surface area contributed by atoms with E-state index in [1.165, 1.54) is 131 Å². The van der Waals surface area contributed by atoms with Gasteiger partial charge in [0, 0.05) is 0 Å². The zero-order valence-electron chi connectivity index (χ0n) is 24.5. The van der Waals surface area contributed by atoms with E-state index in [0.717, 1.165) is 0 Å². The summed E-state index contributed by atoms with van der Waals surface area (Å²) in [6.07, 6.45) is 21.8. The molecule has 8 rings (SSSR count). The highest BCUT2D eigenvalue weighted by molar-refractivity contribution is 5.48. The van der Waals surface area contributed by atoms with Crippen molar-refractivity contribution >= 4 is 0 Å². The Morgan fingerprint density at radius 3 is 1.51 bits per heavy atom. The second kappa shape index (κ2) is 9.28. The molecule has 2 atom stereocenters. The molecule has 2 unspecified atom stereocenters. The first kappa shape index (κ1) is 26.0. The van der Waals surface area contributed by atoms with Gasteiger partial charge >= 0.3 is 0 Å². The third kappa shape index (κ3) is 4.26. The fourth-order valence-electron chi connectivity index (χ4n) is 11.6. The molecule has 2 heteroatoms. The van der Waals surface area contributed by atoms with Gasteiger partial charge in [0.25, 0.3) is 0 Å². The van der Waals surface area contributed by atoms with Gasteiger partial charge in [0.1, 0.15) is 11.5 Å². The predicted octanol–water partition coefficient (Wildman–Crippen LogP) is 10.2. The number of phenols is 2. The van der Waals surface area contributed by atoms with E-state index in [1.54, 1.807) is 0 Å². The molecule has 0 spiro atoms. The monoisotopic (exact) mass is 526 g/mol. The predicted molar refractivity (Wildman–Crippen MR) is 160 cm³/mol. The molecule has 0 aromatic heterocycles. The summed E-state index contributed by atoms with van der Waals surface area (Å²) in [7, 11) is 0. The molecule has 6 aliphatic rings. The van der Waals surface area contributed by atoms with E-state index in [4.69, 9.17) is 0 Å². The number of phenolic OH excluding ortho intramolecular Hbond substituents is 2. The van der Waals surface area contributed by atoms with Crippen LogP contribution in [-0.2, 0) is 10.8 Å². The fraction of sp³-hybridized carbons (Fsp3) is 0.676. The highest BCUT2D eigenvalue weighted by atomic mass is 16.3. The van der Waals surface area contributed by atoms with E-state index in [2.05, 4.69) is 38.1 Å². The molecule has 0 amide bonds. The molecular weight excluding hydrogens is 476 g/mol. The third-order valence-electron chi connectivity index (χ3n) is 12.6. The van der Waals surface area contributed by atoms with Crippen molar-refractivity contribution in [2.24, 2.45) is 10.8 Å². The SMILES string of the molecule is CCC12CC3(C)CC(c4ccc(O)c(C5CCCCC5)c4)(C1)CC(c1ccc(O)c(C4CCCCC4)c1)(C3)C2. The first-order valence-corrected chi connectivity index (χ1v) is 16.4. The van der Waals surface area contributed by atoms with Gasteiger partial charge in [-0.1, -0.05) is 83.1 Å². The summed E-state index contributed by atoms with van der Waals surface area (Å²) in [6, 6.07) is 13.7. The molecule has 4 bridgehead atoms. The summed E-state index contributed by atoms with van der Waals surface area (Å²) in [5.41, 5.74) is 6.58. The Hall–Kier alpha value is -1.96. The van der Waals surface area contributed by atoms with Crippen molar-refractivity contribution in [1.29, 1.82) is 0 Å². The molecule has 0 saturated heterocycles. The zero-order valence-corrected chi connectivity index (χ0v) is 24.5. The number of aromatic hydroxyl groups is 2. The Morgan fingerprint density at radius 2 is 1.08 bits per heavy atom. The van der Waals surface area contributed by atoms with E-state index >= 15 is 0 Å². The summed E-state index contributed by atoms with van der Waals surface area (Å²) in [6.45, 7) is 5.05. The Morgan fingerprint density at radius 1 is 0.615 bits per heavy atom. The minimum Gasteiger partial charge on any atom is -0.508 e. The smallest absolute Gasteiger partial charge is 0.119 e. The molecule has 210 valence electrons. The van der Waals surface area contributed by atoms with Crippen molar-refractivity contribution in [2.75, 3.05) is 0 Å². The Balaban J connectivity index is 1.33. The highest BCUT2D eigenvalue weighted by Crippen LogP contribution is 2.75. The lowest BCUT2D eigenvalue weighted by atomic mass is 9.33. The van der Waals surface area contributed by atoms with Crippen LogP contribution in [0.3, 0.4) is 0 Å². The Labute approximate surface area is 236 Å². The lowest BCUT2D eigenvalue weighted by molar-refractivity contribution is -0.136. The first-order chi connectivity index (χ1) is 18.8. The van der Waals surface area contributed by atoms with Gasteiger partial charge in [-0.15, -0.1) is 0 Å². The van der Waals surface area contributed by atoms with Crippen molar-refractivity contribution in [1.82, 2.24) is 0 Å².